The summed E-state index contributed by atoms with van der Waals surface area (Å²) in [6.07, 6.45) is 0. The smallest absolute Gasteiger partial charge is 0.238 e. The van der Waals surface area contributed by atoms with E-state index in [1.165, 1.54) is 17.7 Å². The molecule has 160 valence electrons. The van der Waals surface area contributed by atoms with E-state index >= 15 is 0 Å². The molecule has 1 saturated heterocycles. The fraction of sp³-hybridized carbons (Fsp3) is 0.391. The largest absolute Gasteiger partial charge is 0.340 e. The number of likely N-dealkylation sites (N-methyl/N-ethyl adjacent to an activating group) is 1. The van der Waals surface area contributed by atoms with Crippen LogP contribution in [0.1, 0.15) is 11.1 Å². The maximum Gasteiger partial charge on any atom is 0.238 e. The second kappa shape index (κ2) is 10.3. The highest BCUT2D eigenvalue weighted by Gasteiger charge is 2.22. The molecule has 1 aliphatic rings. The van der Waals surface area contributed by atoms with E-state index in [1.807, 2.05) is 31.0 Å². The number of anilines is 1. The van der Waals surface area contributed by atoms with Crippen LogP contribution in [0.25, 0.3) is 0 Å². The number of hydrogen-bond acceptors (Lipinski definition) is 4. The van der Waals surface area contributed by atoms with Crippen LogP contribution in [0.5, 0.6) is 0 Å². The fourth-order valence-corrected chi connectivity index (χ4v) is 3.44. The van der Waals surface area contributed by atoms with Crippen molar-refractivity contribution in [3.8, 4) is 0 Å². The van der Waals surface area contributed by atoms with Crippen molar-refractivity contribution in [2.24, 2.45) is 0 Å². The van der Waals surface area contributed by atoms with Crippen molar-refractivity contribution < 1.29 is 14.0 Å². The zero-order valence-electron chi connectivity index (χ0n) is 17.6. The van der Waals surface area contributed by atoms with Crippen LogP contribution in [-0.2, 0) is 16.1 Å². The molecule has 0 aliphatic carbocycles. The standard InChI is InChI=1S/C23H29FN4O2/c1-18-6-8-19(9-7-18)15-26(2)23(30)17-28-12-10-27(11-13-28)16-22(29)25-21-5-3-4-20(24)14-21/h3-9,14H,10-13,15-17H2,1-2H3,(H,25,29). The first-order chi connectivity index (χ1) is 14.4. The molecule has 0 spiro atoms. The van der Waals surface area contributed by atoms with Gasteiger partial charge in [-0.3, -0.25) is 19.4 Å². The molecule has 0 aromatic heterocycles. The van der Waals surface area contributed by atoms with E-state index in [1.54, 1.807) is 17.0 Å². The lowest BCUT2D eigenvalue weighted by Crippen LogP contribution is -2.51. The lowest BCUT2D eigenvalue weighted by molar-refractivity contribution is -0.132. The molecule has 0 bridgehead atoms. The number of aryl methyl sites for hydroxylation is 1. The number of halogens is 1. The molecule has 2 aromatic rings. The van der Waals surface area contributed by atoms with Gasteiger partial charge in [-0.05, 0) is 30.7 Å². The predicted octanol–water partition coefficient (Wildman–Crippen LogP) is 2.35. The highest BCUT2D eigenvalue weighted by atomic mass is 19.1. The second-order valence-corrected chi connectivity index (χ2v) is 7.85. The Kier molecular flexibility index (Phi) is 7.54. The average Bonchev–Trinajstić information content (AvgIpc) is 2.71. The third-order valence-electron chi connectivity index (χ3n) is 5.27. The van der Waals surface area contributed by atoms with Crippen LogP contribution >= 0.6 is 0 Å². The Hall–Kier alpha value is -2.77. The summed E-state index contributed by atoms with van der Waals surface area (Å²) in [6, 6.07) is 14.1. The third-order valence-corrected chi connectivity index (χ3v) is 5.27. The van der Waals surface area contributed by atoms with Crippen molar-refractivity contribution in [1.29, 1.82) is 0 Å². The molecule has 2 amide bonds. The second-order valence-electron chi connectivity index (χ2n) is 7.85. The van der Waals surface area contributed by atoms with Crippen LogP contribution in [0.2, 0.25) is 0 Å². The van der Waals surface area contributed by atoms with Gasteiger partial charge in [-0.2, -0.15) is 0 Å². The summed E-state index contributed by atoms with van der Waals surface area (Å²) in [7, 11) is 1.83. The van der Waals surface area contributed by atoms with Crippen LogP contribution in [0.15, 0.2) is 48.5 Å². The number of nitrogens with one attached hydrogen (secondary N) is 1. The summed E-state index contributed by atoms with van der Waals surface area (Å²) in [5.41, 5.74) is 2.78. The van der Waals surface area contributed by atoms with Gasteiger partial charge in [-0.15, -0.1) is 0 Å². The molecule has 3 rings (SSSR count). The molecule has 0 saturated carbocycles. The Labute approximate surface area is 177 Å². The van der Waals surface area contributed by atoms with E-state index in [0.29, 0.717) is 31.9 Å². The van der Waals surface area contributed by atoms with Crippen molar-refractivity contribution in [1.82, 2.24) is 14.7 Å². The van der Waals surface area contributed by atoms with E-state index in [0.717, 1.165) is 18.7 Å². The normalized spacial score (nSPS) is 15.0. The number of amides is 2. The lowest BCUT2D eigenvalue weighted by atomic mass is 10.1. The summed E-state index contributed by atoms with van der Waals surface area (Å²) in [5, 5.41) is 2.72. The highest BCUT2D eigenvalue weighted by molar-refractivity contribution is 5.92. The molecule has 0 radical (unpaired) electrons. The number of nitrogens with zero attached hydrogens (tertiary/aromatic N) is 3. The molecule has 0 atom stereocenters. The zero-order chi connectivity index (χ0) is 21.5. The van der Waals surface area contributed by atoms with Crippen molar-refractivity contribution in [2.75, 3.05) is 51.6 Å². The van der Waals surface area contributed by atoms with E-state index in [-0.39, 0.29) is 24.2 Å². The molecular weight excluding hydrogens is 383 g/mol. The van der Waals surface area contributed by atoms with Crippen molar-refractivity contribution >= 4 is 17.5 Å². The minimum Gasteiger partial charge on any atom is -0.340 e. The number of carbonyl (C=O) groups is 2. The SMILES string of the molecule is Cc1ccc(CN(C)C(=O)CN2CCN(CC(=O)Nc3cccc(F)c3)CC2)cc1. The van der Waals surface area contributed by atoms with Crippen LogP contribution in [0, 0.1) is 12.7 Å². The van der Waals surface area contributed by atoms with E-state index in [4.69, 9.17) is 0 Å². The molecular formula is C23H29FN4O2. The van der Waals surface area contributed by atoms with Gasteiger partial charge < -0.3 is 10.2 Å². The monoisotopic (exact) mass is 412 g/mol. The Bertz CT molecular complexity index is 864. The number of carbonyl (C=O) groups excluding carboxylic acids is 2. The van der Waals surface area contributed by atoms with Crippen molar-refractivity contribution in [3.05, 3.63) is 65.5 Å². The summed E-state index contributed by atoms with van der Waals surface area (Å²) in [4.78, 5) is 30.7. The molecule has 2 aromatic carbocycles. The molecule has 0 unspecified atom stereocenters. The first-order valence-electron chi connectivity index (χ1n) is 10.2. The quantitative estimate of drug-likeness (QED) is 0.759. The van der Waals surface area contributed by atoms with Gasteiger partial charge in [0.05, 0.1) is 13.1 Å². The van der Waals surface area contributed by atoms with Crippen LogP contribution < -0.4 is 5.32 Å². The maximum atomic E-state index is 13.2. The first-order valence-corrected chi connectivity index (χ1v) is 10.2. The van der Waals surface area contributed by atoms with Crippen molar-refractivity contribution in [2.45, 2.75) is 13.5 Å². The molecule has 30 heavy (non-hydrogen) atoms. The summed E-state index contributed by atoms with van der Waals surface area (Å²) in [5.74, 6) is -0.450. The van der Waals surface area contributed by atoms with E-state index in [9.17, 15) is 14.0 Å². The topological polar surface area (TPSA) is 55.9 Å². The van der Waals surface area contributed by atoms with Gasteiger partial charge in [-0.25, -0.2) is 4.39 Å². The Morgan fingerprint density at radius 2 is 1.63 bits per heavy atom. The van der Waals surface area contributed by atoms with Crippen molar-refractivity contribution in [3.63, 3.8) is 0 Å². The molecule has 1 fully saturated rings. The van der Waals surface area contributed by atoms with Gasteiger partial charge in [0, 0.05) is 45.5 Å². The van der Waals surface area contributed by atoms with E-state index in [2.05, 4.69) is 22.3 Å². The Morgan fingerprint density at radius 3 is 2.27 bits per heavy atom. The van der Waals surface area contributed by atoms with Gasteiger partial charge >= 0.3 is 0 Å². The molecule has 7 heteroatoms. The first kappa shape index (κ1) is 21.9. The Balaban J connectivity index is 1.38. The van der Waals surface area contributed by atoms with Crippen LogP contribution in [0.3, 0.4) is 0 Å². The highest BCUT2D eigenvalue weighted by Crippen LogP contribution is 2.10. The molecule has 1 heterocycles. The summed E-state index contributed by atoms with van der Waals surface area (Å²) >= 11 is 0. The van der Waals surface area contributed by atoms with Gasteiger partial charge in [0.1, 0.15) is 5.82 Å². The maximum absolute atomic E-state index is 13.2. The van der Waals surface area contributed by atoms with Gasteiger partial charge in [0.25, 0.3) is 0 Å². The predicted molar refractivity (Wildman–Crippen MR) is 116 cm³/mol. The lowest BCUT2D eigenvalue weighted by Gasteiger charge is -2.34. The van der Waals surface area contributed by atoms with Crippen LogP contribution in [-0.4, -0.2) is 72.8 Å². The number of rotatable bonds is 7. The third kappa shape index (κ3) is 6.64. The summed E-state index contributed by atoms with van der Waals surface area (Å²) < 4.78 is 13.2. The number of hydrogen-bond donors (Lipinski definition) is 1. The molecule has 1 aliphatic heterocycles. The molecule has 1 N–H and O–H groups in total. The number of benzene rings is 2. The van der Waals surface area contributed by atoms with Crippen LogP contribution in [0.4, 0.5) is 10.1 Å². The number of piperazine rings is 1. The average molecular weight is 413 g/mol. The minimum absolute atomic E-state index is 0.0906. The minimum atomic E-state index is -0.376. The van der Waals surface area contributed by atoms with E-state index < -0.39 is 0 Å². The molecule has 6 nitrogen and oxygen atoms in total. The Morgan fingerprint density at radius 1 is 1.00 bits per heavy atom. The van der Waals surface area contributed by atoms with Gasteiger partial charge in [0.15, 0.2) is 0 Å². The zero-order valence-corrected chi connectivity index (χ0v) is 17.6. The summed E-state index contributed by atoms with van der Waals surface area (Å²) in [6.45, 7) is 6.17. The van der Waals surface area contributed by atoms with Gasteiger partial charge in [0.2, 0.25) is 11.8 Å². The van der Waals surface area contributed by atoms with Gasteiger partial charge in [-0.1, -0.05) is 35.9 Å². The fourth-order valence-electron chi connectivity index (χ4n) is 3.44.